The number of para-hydroxylation sites is 1. The van der Waals surface area contributed by atoms with Gasteiger partial charge in [-0.2, -0.15) is 0 Å². The van der Waals surface area contributed by atoms with E-state index >= 15 is 0 Å². The highest BCUT2D eigenvalue weighted by Gasteiger charge is 2.34. The van der Waals surface area contributed by atoms with E-state index in [1.54, 1.807) is 59.5 Å². The van der Waals surface area contributed by atoms with Crippen molar-refractivity contribution < 1.29 is 19.4 Å². The Balaban J connectivity index is 1.94. The number of hydrogen-bond acceptors (Lipinski definition) is 5. The number of thioether (sulfide) groups is 1. The molecule has 0 saturated carbocycles. The van der Waals surface area contributed by atoms with Crippen LogP contribution in [0.5, 0.6) is 5.75 Å². The smallest absolute Gasteiger partial charge is 0.341 e. The predicted octanol–water partition coefficient (Wildman–Crippen LogP) is 5.06. The quantitative estimate of drug-likeness (QED) is 0.603. The van der Waals surface area contributed by atoms with Crippen molar-refractivity contribution in [3.05, 3.63) is 64.0 Å². The molecule has 0 aromatic heterocycles. The number of carbonyl (C=O) groups is 2. The number of nitrogens with zero attached hydrogens (tertiary/aromatic N) is 2. The molecule has 3 rings (SSSR count). The molecular weight excluding hydrogens is 424 g/mol. The molecular formula is C22H21ClN2O4S. The zero-order valence-corrected chi connectivity index (χ0v) is 18.1. The normalized spacial score (nSPS) is 16.7. The van der Waals surface area contributed by atoms with Crippen molar-refractivity contribution in [1.82, 2.24) is 4.90 Å². The Morgan fingerprint density at radius 1 is 1.23 bits per heavy atom. The Hall–Kier alpha value is -2.77. The number of carbonyl (C=O) groups excluding carboxylic acids is 1. The Labute approximate surface area is 184 Å². The summed E-state index contributed by atoms with van der Waals surface area (Å²) in [6.07, 6.45) is 1.71. The van der Waals surface area contributed by atoms with E-state index in [2.05, 4.69) is 4.99 Å². The number of aliphatic carboxylic acids is 1. The first-order valence-electron chi connectivity index (χ1n) is 9.33. The van der Waals surface area contributed by atoms with Crippen molar-refractivity contribution in [2.24, 2.45) is 10.9 Å². The highest BCUT2D eigenvalue weighted by atomic mass is 35.5. The van der Waals surface area contributed by atoms with Gasteiger partial charge in [0.2, 0.25) is 0 Å². The van der Waals surface area contributed by atoms with Crippen molar-refractivity contribution in [3.8, 4) is 5.75 Å². The molecule has 1 amide bonds. The highest BCUT2D eigenvalue weighted by Crippen LogP contribution is 2.36. The topological polar surface area (TPSA) is 79.2 Å². The lowest BCUT2D eigenvalue weighted by atomic mass is 10.1. The molecule has 0 aliphatic carbocycles. The fraction of sp³-hybridized carbons (Fsp3) is 0.227. The average molecular weight is 445 g/mol. The molecule has 156 valence electrons. The second kappa shape index (κ2) is 9.82. The average Bonchev–Trinajstić information content (AvgIpc) is 2.97. The Bertz CT molecular complexity index is 1000. The molecule has 0 radical (unpaired) electrons. The molecule has 6 nitrogen and oxygen atoms in total. The fourth-order valence-electron chi connectivity index (χ4n) is 2.76. The molecule has 8 heteroatoms. The van der Waals surface area contributed by atoms with Crippen molar-refractivity contribution in [3.63, 3.8) is 0 Å². The first-order valence-corrected chi connectivity index (χ1v) is 10.5. The number of benzene rings is 2. The molecule has 1 saturated heterocycles. The van der Waals surface area contributed by atoms with E-state index in [1.165, 1.54) is 11.8 Å². The number of carboxylic acids is 1. The van der Waals surface area contributed by atoms with Crippen molar-refractivity contribution in [2.75, 3.05) is 13.2 Å². The van der Waals surface area contributed by atoms with Crippen LogP contribution in [0.3, 0.4) is 0 Å². The van der Waals surface area contributed by atoms with Gasteiger partial charge in [-0.1, -0.05) is 43.6 Å². The summed E-state index contributed by atoms with van der Waals surface area (Å²) in [6.45, 7) is 4.15. The van der Waals surface area contributed by atoms with Gasteiger partial charge in [0.05, 0.1) is 10.6 Å². The highest BCUT2D eigenvalue weighted by molar-refractivity contribution is 8.18. The zero-order chi connectivity index (χ0) is 21.7. The summed E-state index contributed by atoms with van der Waals surface area (Å²) < 4.78 is 5.35. The molecule has 1 heterocycles. The minimum Gasteiger partial charge on any atom is -0.481 e. The summed E-state index contributed by atoms with van der Waals surface area (Å²) in [5.41, 5.74) is 1.33. The van der Waals surface area contributed by atoms with E-state index < -0.39 is 12.6 Å². The monoisotopic (exact) mass is 444 g/mol. The summed E-state index contributed by atoms with van der Waals surface area (Å²) in [5, 5.41) is 10.1. The lowest BCUT2D eigenvalue weighted by Gasteiger charge is -2.17. The molecule has 1 aliphatic heterocycles. The second-order valence-electron chi connectivity index (χ2n) is 7.01. The van der Waals surface area contributed by atoms with E-state index in [0.717, 1.165) is 0 Å². The largest absolute Gasteiger partial charge is 0.481 e. The van der Waals surface area contributed by atoms with E-state index in [0.29, 0.717) is 38.6 Å². The number of ether oxygens (including phenoxy) is 1. The molecule has 0 spiro atoms. The van der Waals surface area contributed by atoms with Gasteiger partial charge in [-0.3, -0.25) is 9.69 Å². The van der Waals surface area contributed by atoms with E-state index in [9.17, 15) is 9.59 Å². The number of halogens is 1. The molecule has 2 aromatic rings. The fourth-order valence-corrected chi connectivity index (χ4v) is 3.88. The SMILES string of the molecule is CC(C)CN1C(=O)/C(=C/c2ccccc2OCC(=O)O)SC1=Nc1ccc(Cl)cc1. The van der Waals surface area contributed by atoms with Crippen LogP contribution in [0.2, 0.25) is 5.02 Å². The maximum absolute atomic E-state index is 13.1. The van der Waals surface area contributed by atoms with E-state index in [1.807, 2.05) is 13.8 Å². The van der Waals surface area contributed by atoms with Gasteiger partial charge >= 0.3 is 5.97 Å². The van der Waals surface area contributed by atoms with Crippen molar-refractivity contribution in [1.29, 1.82) is 0 Å². The minimum atomic E-state index is -1.07. The zero-order valence-electron chi connectivity index (χ0n) is 16.5. The molecule has 30 heavy (non-hydrogen) atoms. The lowest BCUT2D eigenvalue weighted by Crippen LogP contribution is -2.32. The van der Waals surface area contributed by atoms with Gasteiger partial charge in [0.1, 0.15) is 5.75 Å². The molecule has 2 aromatic carbocycles. The maximum Gasteiger partial charge on any atom is 0.341 e. The number of aliphatic imine (C=N–C) groups is 1. The lowest BCUT2D eigenvalue weighted by molar-refractivity contribution is -0.139. The van der Waals surface area contributed by atoms with Crippen LogP contribution in [-0.4, -0.2) is 40.2 Å². The number of carboxylic acid groups (broad SMARTS) is 1. The maximum atomic E-state index is 13.1. The van der Waals surface area contributed by atoms with E-state index in [-0.39, 0.29) is 11.8 Å². The van der Waals surface area contributed by atoms with Crippen LogP contribution in [0.1, 0.15) is 19.4 Å². The molecule has 1 fully saturated rings. The summed E-state index contributed by atoms with van der Waals surface area (Å²) in [6, 6.07) is 14.1. The first-order chi connectivity index (χ1) is 14.3. The number of hydrogen-bond donors (Lipinski definition) is 1. The third kappa shape index (κ3) is 5.64. The van der Waals surface area contributed by atoms with Gasteiger partial charge in [-0.05, 0) is 54.1 Å². The predicted molar refractivity (Wildman–Crippen MR) is 120 cm³/mol. The Kier molecular flexibility index (Phi) is 7.18. The number of amides is 1. The second-order valence-corrected chi connectivity index (χ2v) is 8.46. The molecule has 1 aliphatic rings. The molecule has 0 unspecified atom stereocenters. The van der Waals surface area contributed by atoms with E-state index in [4.69, 9.17) is 21.4 Å². The van der Waals surface area contributed by atoms with Gasteiger partial charge in [0.15, 0.2) is 11.8 Å². The van der Waals surface area contributed by atoms with Crippen LogP contribution in [0.25, 0.3) is 6.08 Å². The Morgan fingerprint density at radius 2 is 1.93 bits per heavy atom. The summed E-state index contributed by atoms with van der Waals surface area (Å²) in [7, 11) is 0. The number of rotatable bonds is 7. The van der Waals surface area contributed by atoms with Crippen molar-refractivity contribution >= 4 is 52.2 Å². The van der Waals surface area contributed by atoms with Gasteiger partial charge < -0.3 is 9.84 Å². The van der Waals surface area contributed by atoms with Crippen LogP contribution < -0.4 is 4.74 Å². The molecule has 0 bridgehead atoms. The van der Waals surface area contributed by atoms with Gasteiger partial charge in [-0.15, -0.1) is 0 Å². The van der Waals surface area contributed by atoms with Crippen LogP contribution in [0.4, 0.5) is 5.69 Å². The van der Waals surface area contributed by atoms with Gasteiger partial charge in [0.25, 0.3) is 5.91 Å². The van der Waals surface area contributed by atoms with Crippen LogP contribution in [0.15, 0.2) is 58.4 Å². The van der Waals surface area contributed by atoms with Crippen molar-refractivity contribution in [2.45, 2.75) is 13.8 Å². The summed E-state index contributed by atoms with van der Waals surface area (Å²) >= 11 is 7.23. The first kappa shape index (κ1) is 21.9. The standard InChI is InChI=1S/C22H21ClN2O4S/c1-14(2)12-25-21(28)19(30-22(25)24-17-9-7-16(23)8-10-17)11-15-5-3-4-6-18(15)29-13-20(26)27/h3-11,14H,12-13H2,1-2H3,(H,26,27)/b19-11-,24-22?. The molecule has 1 N–H and O–H groups in total. The molecule has 0 atom stereocenters. The third-order valence-corrected chi connectivity index (χ3v) is 5.30. The summed E-state index contributed by atoms with van der Waals surface area (Å²) in [5.74, 6) is -0.548. The van der Waals surface area contributed by atoms with Crippen LogP contribution >= 0.6 is 23.4 Å². The number of amidine groups is 1. The summed E-state index contributed by atoms with van der Waals surface area (Å²) in [4.78, 5) is 30.7. The third-order valence-electron chi connectivity index (χ3n) is 4.04. The van der Waals surface area contributed by atoms with Gasteiger partial charge in [0, 0.05) is 17.1 Å². The van der Waals surface area contributed by atoms with Crippen LogP contribution in [0, 0.1) is 5.92 Å². The van der Waals surface area contributed by atoms with Crippen LogP contribution in [-0.2, 0) is 9.59 Å². The van der Waals surface area contributed by atoms with Gasteiger partial charge in [-0.25, -0.2) is 9.79 Å². The minimum absolute atomic E-state index is 0.144. The Morgan fingerprint density at radius 3 is 2.60 bits per heavy atom.